The Labute approximate surface area is 182 Å². The van der Waals surface area contributed by atoms with Gasteiger partial charge in [-0.25, -0.2) is 0 Å². The summed E-state index contributed by atoms with van der Waals surface area (Å²) in [6, 6.07) is 17.3. The molecule has 1 aliphatic heterocycles. The van der Waals surface area contributed by atoms with E-state index in [9.17, 15) is 0 Å². The number of hydrogen-bond donors (Lipinski definition) is 1. The lowest BCUT2D eigenvalue weighted by Crippen LogP contribution is -2.03. The number of ether oxygens (including phenoxy) is 4. The van der Waals surface area contributed by atoms with E-state index in [0.717, 1.165) is 32.8 Å². The second-order valence-electron chi connectivity index (χ2n) is 6.41. The van der Waals surface area contributed by atoms with Crippen molar-refractivity contribution in [2.24, 2.45) is 0 Å². The van der Waals surface area contributed by atoms with Crippen molar-refractivity contribution in [3.63, 3.8) is 0 Å². The van der Waals surface area contributed by atoms with Crippen LogP contribution in [-0.4, -0.2) is 13.9 Å². The average molecular weight is 477 g/mol. The summed E-state index contributed by atoms with van der Waals surface area (Å²) in [6.45, 7) is 1.22. The van der Waals surface area contributed by atoms with Crippen LogP contribution in [-0.2, 0) is 13.2 Å². The molecular weight excluding hydrogens is 458 g/mol. The van der Waals surface area contributed by atoms with Crippen molar-refractivity contribution < 1.29 is 18.9 Å². The van der Waals surface area contributed by atoms with Gasteiger partial charge >= 0.3 is 0 Å². The molecule has 29 heavy (non-hydrogen) atoms. The van der Waals surface area contributed by atoms with Gasteiger partial charge in [-0.05, 0) is 51.8 Å². The first-order chi connectivity index (χ1) is 14.1. The highest BCUT2D eigenvalue weighted by molar-refractivity contribution is 9.10. The highest BCUT2D eigenvalue weighted by Crippen LogP contribution is 2.38. The summed E-state index contributed by atoms with van der Waals surface area (Å²) >= 11 is 9.81. The van der Waals surface area contributed by atoms with E-state index < -0.39 is 0 Å². The van der Waals surface area contributed by atoms with Crippen molar-refractivity contribution in [2.75, 3.05) is 19.2 Å². The van der Waals surface area contributed by atoms with E-state index in [4.69, 9.17) is 30.5 Å². The standard InChI is InChI=1S/C22H19BrClNO4/c1-26-21-9-14(11-25-16-6-7-19-20(10-16)29-13-28-19)8-17(23)22(21)27-12-15-4-2-3-5-18(15)24/h2-10,25H,11-13H2,1H3. The van der Waals surface area contributed by atoms with E-state index in [0.29, 0.717) is 29.7 Å². The first kappa shape index (κ1) is 19.7. The third-order valence-corrected chi connectivity index (χ3v) is 5.45. The van der Waals surface area contributed by atoms with E-state index in [1.165, 1.54) is 0 Å². The number of methoxy groups -OCH3 is 1. The van der Waals surface area contributed by atoms with Crippen LogP contribution >= 0.6 is 27.5 Å². The van der Waals surface area contributed by atoms with Crippen LogP contribution < -0.4 is 24.3 Å². The summed E-state index contributed by atoms with van der Waals surface area (Å²) in [5, 5.41) is 4.06. The normalized spacial score (nSPS) is 12.0. The minimum atomic E-state index is 0.262. The molecule has 150 valence electrons. The van der Waals surface area contributed by atoms with Gasteiger partial charge in [0.25, 0.3) is 0 Å². The Kier molecular flexibility index (Phi) is 6.02. The highest BCUT2D eigenvalue weighted by atomic mass is 79.9. The molecular formula is C22H19BrClNO4. The summed E-state index contributed by atoms with van der Waals surface area (Å²) < 4.78 is 23.1. The van der Waals surface area contributed by atoms with Gasteiger partial charge in [-0.3, -0.25) is 0 Å². The van der Waals surface area contributed by atoms with Crippen molar-refractivity contribution in [1.29, 1.82) is 0 Å². The molecule has 1 N–H and O–H groups in total. The molecule has 1 heterocycles. The lowest BCUT2D eigenvalue weighted by molar-refractivity contribution is 0.174. The molecule has 0 spiro atoms. The number of nitrogens with one attached hydrogen (secondary N) is 1. The fourth-order valence-corrected chi connectivity index (χ4v) is 3.79. The van der Waals surface area contributed by atoms with Crippen molar-refractivity contribution in [3.05, 3.63) is 75.2 Å². The number of hydrogen-bond acceptors (Lipinski definition) is 5. The van der Waals surface area contributed by atoms with Gasteiger partial charge in [0.2, 0.25) is 6.79 Å². The van der Waals surface area contributed by atoms with Gasteiger partial charge in [-0.15, -0.1) is 0 Å². The van der Waals surface area contributed by atoms with Gasteiger partial charge in [-0.1, -0.05) is 29.8 Å². The van der Waals surface area contributed by atoms with Crippen LogP contribution in [0.1, 0.15) is 11.1 Å². The summed E-state index contributed by atoms with van der Waals surface area (Å²) in [7, 11) is 1.62. The zero-order valence-corrected chi connectivity index (χ0v) is 18.0. The smallest absolute Gasteiger partial charge is 0.231 e. The van der Waals surface area contributed by atoms with Crippen LogP contribution in [0.25, 0.3) is 0 Å². The van der Waals surface area contributed by atoms with Crippen LogP contribution in [0.4, 0.5) is 5.69 Å². The number of fused-ring (bicyclic) bond motifs is 1. The van der Waals surface area contributed by atoms with E-state index in [-0.39, 0.29) is 6.79 Å². The molecule has 0 aliphatic carbocycles. The van der Waals surface area contributed by atoms with Crippen molar-refractivity contribution in [1.82, 2.24) is 0 Å². The molecule has 3 aromatic rings. The molecule has 5 nitrogen and oxygen atoms in total. The first-order valence-corrected chi connectivity index (χ1v) is 10.2. The molecule has 0 aromatic heterocycles. The Balaban J connectivity index is 1.46. The van der Waals surface area contributed by atoms with Crippen molar-refractivity contribution in [2.45, 2.75) is 13.2 Å². The molecule has 0 fully saturated rings. The predicted molar refractivity (Wildman–Crippen MR) is 116 cm³/mol. The van der Waals surface area contributed by atoms with E-state index in [1.54, 1.807) is 7.11 Å². The predicted octanol–water partition coefficient (Wildman–Crippen LogP) is 6.03. The zero-order chi connectivity index (χ0) is 20.2. The minimum Gasteiger partial charge on any atom is -0.493 e. The van der Waals surface area contributed by atoms with Crippen LogP contribution in [0.3, 0.4) is 0 Å². The van der Waals surface area contributed by atoms with E-state index in [2.05, 4.69) is 21.2 Å². The summed E-state index contributed by atoms with van der Waals surface area (Å²) in [5.41, 5.74) is 2.90. The molecule has 4 rings (SSSR count). The molecule has 0 atom stereocenters. The van der Waals surface area contributed by atoms with E-state index in [1.807, 2.05) is 54.6 Å². The molecule has 0 saturated heterocycles. The first-order valence-electron chi connectivity index (χ1n) is 9.00. The molecule has 0 saturated carbocycles. The quantitative estimate of drug-likeness (QED) is 0.451. The summed E-state index contributed by atoms with van der Waals surface area (Å²) in [4.78, 5) is 0. The SMILES string of the molecule is COc1cc(CNc2ccc3c(c2)OCO3)cc(Br)c1OCc1ccccc1Cl. The second kappa shape index (κ2) is 8.84. The van der Waals surface area contributed by atoms with E-state index >= 15 is 0 Å². The molecule has 0 radical (unpaired) electrons. The highest BCUT2D eigenvalue weighted by Gasteiger charge is 2.15. The van der Waals surface area contributed by atoms with Crippen molar-refractivity contribution >= 4 is 33.2 Å². The maximum atomic E-state index is 6.22. The Morgan fingerprint density at radius 3 is 2.72 bits per heavy atom. The number of anilines is 1. The van der Waals surface area contributed by atoms with Gasteiger partial charge in [0.15, 0.2) is 23.0 Å². The van der Waals surface area contributed by atoms with Crippen LogP contribution in [0.15, 0.2) is 59.1 Å². The lowest BCUT2D eigenvalue weighted by Gasteiger charge is -2.15. The minimum absolute atomic E-state index is 0.262. The molecule has 3 aromatic carbocycles. The molecule has 7 heteroatoms. The van der Waals surface area contributed by atoms with Crippen LogP contribution in [0, 0.1) is 0 Å². The fraction of sp³-hybridized carbons (Fsp3) is 0.182. The van der Waals surface area contributed by atoms with Crippen LogP contribution in [0.5, 0.6) is 23.0 Å². The van der Waals surface area contributed by atoms with Gasteiger partial charge in [0, 0.05) is 28.9 Å². The number of benzene rings is 3. The van der Waals surface area contributed by atoms with Crippen LogP contribution in [0.2, 0.25) is 5.02 Å². The topological polar surface area (TPSA) is 49.0 Å². The lowest BCUT2D eigenvalue weighted by atomic mass is 10.2. The Bertz CT molecular complexity index is 1030. The maximum absolute atomic E-state index is 6.22. The van der Waals surface area contributed by atoms with Gasteiger partial charge < -0.3 is 24.3 Å². The molecule has 0 unspecified atom stereocenters. The van der Waals surface area contributed by atoms with Gasteiger partial charge in [-0.2, -0.15) is 0 Å². The Morgan fingerprint density at radius 2 is 1.90 bits per heavy atom. The zero-order valence-electron chi connectivity index (χ0n) is 15.7. The summed E-state index contributed by atoms with van der Waals surface area (Å²) in [5.74, 6) is 2.80. The second-order valence-corrected chi connectivity index (χ2v) is 7.67. The average Bonchev–Trinajstić information content (AvgIpc) is 3.20. The molecule has 0 bridgehead atoms. The Hall–Kier alpha value is -2.57. The number of rotatable bonds is 7. The largest absolute Gasteiger partial charge is 0.493 e. The monoisotopic (exact) mass is 475 g/mol. The van der Waals surface area contributed by atoms with Gasteiger partial charge in [0.05, 0.1) is 11.6 Å². The van der Waals surface area contributed by atoms with Gasteiger partial charge in [0.1, 0.15) is 6.61 Å². The fourth-order valence-electron chi connectivity index (χ4n) is 2.99. The molecule has 0 amide bonds. The number of halogens is 2. The molecule has 1 aliphatic rings. The van der Waals surface area contributed by atoms with Crippen molar-refractivity contribution in [3.8, 4) is 23.0 Å². The maximum Gasteiger partial charge on any atom is 0.231 e. The summed E-state index contributed by atoms with van der Waals surface area (Å²) in [6.07, 6.45) is 0. The third kappa shape index (κ3) is 4.54. The Morgan fingerprint density at radius 1 is 1.07 bits per heavy atom. The third-order valence-electron chi connectivity index (χ3n) is 4.49.